The van der Waals surface area contributed by atoms with Crippen LogP contribution in [0.4, 0.5) is 5.69 Å². The van der Waals surface area contributed by atoms with Crippen LogP contribution in [0.5, 0.6) is 0 Å². The van der Waals surface area contributed by atoms with E-state index in [-0.39, 0.29) is 5.56 Å². The fourth-order valence-electron chi connectivity index (χ4n) is 2.90. The lowest BCUT2D eigenvalue weighted by Gasteiger charge is -2.08. The van der Waals surface area contributed by atoms with Crippen LogP contribution in [0.15, 0.2) is 85.3 Å². The summed E-state index contributed by atoms with van der Waals surface area (Å²) in [5.74, 6) is -1.72. The number of nitrogens with one attached hydrogen (secondary N) is 1. The number of rotatable bonds is 5. The van der Waals surface area contributed by atoms with Crippen molar-refractivity contribution in [1.82, 2.24) is 14.8 Å². The Labute approximate surface area is 166 Å². The van der Waals surface area contributed by atoms with Gasteiger partial charge in [-0.1, -0.05) is 30.3 Å². The first-order valence-corrected chi connectivity index (χ1v) is 8.80. The minimum Gasteiger partial charge on any atom is -0.545 e. The fraction of sp³-hybridized carbons (Fsp3) is 0. The van der Waals surface area contributed by atoms with Gasteiger partial charge in [0.1, 0.15) is 5.69 Å². The lowest BCUT2D eigenvalue weighted by molar-refractivity contribution is -0.255. The van der Waals surface area contributed by atoms with Crippen molar-refractivity contribution in [2.24, 2.45) is 0 Å². The third-order valence-corrected chi connectivity index (χ3v) is 4.29. The number of carbonyl (C=O) groups excluding carboxylic acids is 2. The molecular weight excluding hydrogens is 368 g/mol. The third kappa shape index (κ3) is 3.89. The summed E-state index contributed by atoms with van der Waals surface area (Å²) in [7, 11) is 0. The first-order chi connectivity index (χ1) is 14.1. The summed E-state index contributed by atoms with van der Waals surface area (Å²) in [4.78, 5) is 28.1. The Morgan fingerprint density at radius 2 is 1.69 bits per heavy atom. The van der Waals surface area contributed by atoms with Crippen molar-refractivity contribution in [2.75, 3.05) is 5.32 Å². The molecule has 0 saturated carbocycles. The van der Waals surface area contributed by atoms with Gasteiger partial charge in [0.15, 0.2) is 0 Å². The highest BCUT2D eigenvalue weighted by molar-refractivity contribution is 6.08. The summed E-state index contributed by atoms with van der Waals surface area (Å²) in [5, 5.41) is 18.4. The standard InChI is InChI=1S/C22H16N4O3/c27-21(24-17-6-4-5-16(13-17)22(28)29)19-14-26(18-7-2-1-3-8-18)25-20(19)15-9-11-23-12-10-15/h1-14H,(H,24,27)(H,28,29)/p-1. The quantitative estimate of drug-likeness (QED) is 0.571. The number of hydrogen-bond acceptors (Lipinski definition) is 5. The van der Waals surface area contributed by atoms with E-state index in [9.17, 15) is 14.7 Å². The molecule has 4 rings (SSSR count). The fourth-order valence-corrected chi connectivity index (χ4v) is 2.90. The number of aromatic carboxylic acids is 1. The molecule has 29 heavy (non-hydrogen) atoms. The van der Waals surface area contributed by atoms with E-state index in [1.807, 2.05) is 30.3 Å². The number of para-hydroxylation sites is 1. The van der Waals surface area contributed by atoms with Gasteiger partial charge in [-0.05, 0) is 42.0 Å². The molecule has 142 valence electrons. The predicted octanol–water partition coefficient (Wildman–Crippen LogP) is 2.55. The Hall–Kier alpha value is -4.26. The zero-order valence-corrected chi connectivity index (χ0v) is 15.1. The molecule has 0 spiro atoms. The van der Waals surface area contributed by atoms with Gasteiger partial charge in [-0.15, -0.1) is 0 Å². The number of pyridine rings is 1. The molecule has 0 saturated heterocycles. The monoisotopic (exact) mass is 383 g/mol. The van der Waals surface area contributed by atoms with E-state index in [4.69, 9.17) is 0 Å². The van der Waals surface area contributed by atoms with Crippen LogP contribution in [-0.2, 0) is 0 Å². The number of carboxylic acid groups (broad SMARTS) is 1. The first kappa shape index (κ1) is 18.1. The van der Waals surface area contributed by atoms with Gasteiger partial charge in [0.2, 0.25) is 0 Å². The van der Waals surface area contributed by atoms with E-state index in [1.54, 1.807) is 41.5 Å². The van der Waals surface area contributed by atoms with E-state index >= 15 is 0 Å². The maximum absolute atomic E-state index is 13.0. The molecule has 0 bridgehead atoms. The molecule has 0 unspecified atom stereocenters. The van der Waals surface area contributed by atoms with Gasteiger partial charge in [-0.3, -0.25) is 9.78 Å². The van der Waals surface area contributed by atoms with Crippen molar-refractivity contribution in [3.8, 4) is 16.9 Å². The Morgan fingerprint density at radius 1 is 0.931 bits per heavy atom. The molecule has 7 heteroatoms. The van der Waals surface area contributed by atoms with Crippen LogP contribution in [0.3, 0.4) is 0 Å². The number of benzene rings is 2. The molecule has 4 aromatic rings. The lowest BCUT2D eigenvalue weighted by Crippen LogP contribution is -2.22. The van der Waals surface area contributed by atoms with E-state index in [1.165, 1.54) is 18.2 Å². The number of nitrogens with zero attached hydrogens (tertiary/aromatic N) is 3. The largest absolute Gasteiger partial charge is 0.545 e. The van der Waals surface area contributed by atoms with Crippen LogP contribution >= 0.6 is 0 Å². The summed E-state index contributed by atoms with van der Waals surface area (Å²) >= 11 is 0. The summed E-state index contributed by atoms with van der Waals surface area (Å²) < 4.78 is 1.63. The zero-order chi connectivity index (χ0) is 20.2. The van der Waals surface area contributed by atoms with Crippen molar-refractivity contribution in [1.29, 1.82) is 0 Å². The topological polar surface area (TPSA) is 99.9 Å². The smallest absolute Gasteiger partial charge is 0.259 e. The van der Waals surface area contributed by atoms with Crippen LogP contribution in [0.2, 0.25) is 0 Å². The van der Waals surface area contributed by atoms with Crippen molar-refractivity contribution in [2.45, 2.75) is 0 Å². The molecule has 0 fully saturated rings. The molecule has 2 heterocycles. The van der Waals surface area contributed by atoms with E-state index < -0.39 is 11.9 Å². The lowest BCUT2D eigenvalue weighted by atomic mass is 10.1. The predicted molar refractivity (Wildman–Crippen MR) is 106 cm³/mol. The van der Waals surface area contributed by atoms with Crippen LogP contribution in [0, 0.1) is 0 Å². The van der Waals surface area contributed by atoms with Gasteiger partial charge in [0.05, 0.1) is 17.2 Å². The second kappa shape index (κ2) is 7.77. The number of hydrogen-bond donors (Lipinski definition) is 1. The molecule has 0 radical (unpaired) electrons. The Balaban J connectivity index is 1.73. The summed E-state index contributed by atoms with van der Waals surface area (Å²) in [6, 6.07) is 18.9. The number of amides is 1. The summed E-state index contributed by atoms with van der Waals surface area (Å²) in [6.07, 6.45) is 4.90. The molecule has 2 aromatic heterocycles. The minimum absolute atomic E-state index is 0.0165. The van der Waals surface area contributed by atoms with Gasteiger partial charge in [-0.25, -0.2) is 4.68 Å². The average Bonchev–Trinajstić information content (AvgIpc) is 3.21. The molecule has 0 aliphatic heterocycles. The van der Waals surface area contributed by atoms with Crippen LogP contribution in [-0.4, -0.2) is 26.6 Å². The highest BCUT2D eigenvalue weighted by atomic mass is 16.4. The van der Waals surface area contributed by atoms with Gasteiger partial charge in [-0.2, -0.15) is 5.10 Å². The Bertz CT molecular complexity index is 1170. The Kier molecular flexibility index (Phi) is 4.86. The van der Waals surface area contributed by atoms with Crippen molar-refractivity contribution in [3.05, 3.63) is 96.4 Å². The maximum atomic E-state index is 13.0. The average molecular weight is 383 g/mol. The highest BCUT2D eigenvalue weighted by Crippen LogP contribution is 2.24. The second-order valence-corrected chi connectivity index (χ2v) is 6.23. The molecule has 0 atom stereocenters. The van der Waals surface area contributed by atoms with Gasteiger partial charge in [0, 0.05) is 29.8 Å². The van der Waals surface area contributed by atoms with Gasteiger partial charge >= 0.3 is 0 Å². The maximum Gasteiger partial charge on any atom is 0.259 e. The molecule has 0 aliphatic carbocycles. The zero-order valence-electron chi connectivity index (χ0n) is 15.1. The minimum atomic E-state index is -1.31. The van der Waals surface area contributed by atoms with Crippen molar-refractivity contribution >= 4 is 17.6 Å². The number of anilines is 1. The van der Waals surface area contributed by atoms with Gasteiger partial charge < -0.3 is 15.2 Å². The first-order valence-electron chi connectivity index (χ1n) is 8.80. The number of carbonyl (C=O) groups is 2. The van der Waals surface area contributed by atoms with E-state index in [2.05, 4.69) is 15.4 Å². The highest BCUT2D eigenvalue weighted by Gasteiger charge is 2.19. The van der Waals surface area contributed by atoms with Gasteiger partial charge in [0.25, 0.3) is 5.91 Å². The summed E-state index contributed by atoms with van der Waals surface area (Å²) in [6.45, 7) is 0. The molecule has 2 aromatic carbocycles. The van der Waals surface area contributed by atoms with Crippen molar-refractivity contribution in [3.63, 3.8) is 0 Å². The van der Waals surface area contributed by atoms with E-state index in [0.29, 0.717) is 16.9 Å². The molecular formula is C22H15N4O3-. The molecule has 0 aliphatic rings. The van der Waals surface area contributed by atoms with Crippen LogP contribution in [0.25, 0.3) is 16.9 Å². The molecule has 1 N–H and O–H groups in total. The third-order valence-electron chi connectivity index (χ3n) is 4.29. The van der Waals surface area contributed by atoms with E-state index in [0.717, 1.165) is 11.3 Å². The number of aromatic nitrogens is 3. The Morgan fingerprint density at radius 3 is 2.41 bits per heavy atom. The SMILES string of the molecule is O=C([O-])c1cccc(NC(=O)c2cn(-c3ccccc3)nc2-c2ccncc2)c1. The normalized spacial score (nSPS) is 10.5. The second-order valence-electron chi connectivity index (χ2n) is 6.23. The molecule has 7 nitrogen and oxygen atoms in total. The number of carboxylic acids is 1. The van der Waals surface area contributed by atoms with Crippen molar-refractivity contribution < 1.29 is 14.7 Å². The molecule has 1 amide bonds. The van der Waals surface area contributed by atoms with Crippen LogP contribution in [0.1, 0.15) is 20.7 Å². The summed E-state index contributed by atoms with van der Waals surface area (Å²) in [5.41, 5.74) is 2.72. The van der Waals surface area contributed by atoms with Crippen LogP contribution < -0.4 is 10.4 Å².